The number of nitrogens with zero attached hydrogens (tertiary/aromatic N) is 3. The van der Waals surface area contributed by atoms with Crippen LogP contribution in [-0.4, -0.2) is 22.1 Å². The van der Waals surface area contributed by atoms with Crippen LogP contribution in [0.2, 0.25) is 5.02 Å². The monoisotopic (exact) mass is 402 g/mol. The molecule has 0 fully saturated rings. The first-order valence-electron chi connectivity index (χ1n) is 7.78. The molecule has 10 heteroatoms. The second-order valence-corrected chi connectivity index (χ2v) is 6.03. The highest BCUT2D eigenvalue weighted by atomic mass is 35.5. The summed E-state index contributed by atoms with van der Waals surface area (Å²) in [6.07, 6.45) is 0. The van der Waals surface area contributed by atoms with Crippen molar-refractivity contribution in [1.82, 2.24) is 15.0 Å². The maximum absolute atomic E-state index is 12.4. The van der Waals surface area contributed by atoms with Gasteiger partial charge in [-0.05, 0) is 46.2 Å². The van der Waals surface area contributed by atoms with Crippen molar-refractivity contribution in [3.63, 3.8) is 0 Å². The van der Waals surface area contributed by atoms with E-state index in [0.717, 1.165) is 5.56 Å². The molecule has 138 valence electrons. The largest absolute Gasteiger partial charge is 0.326 e. The topological polar surface area (TPSA) is 118 Å². The molecule has 2 aromatic carbocycles. The van der Waals surface area contributed by atoms with Crippen molar-refractivity contribution >= 4 is 47.7 Å². The van der Waals surface area contributed by atoms with Gasteiger partial charge in [0.1, 0.15) is 0 Å². The fourth-order valence-corrected chi connectivity index (χ4v) is 2.54. The highest BCUT2D eigenvalue weighted by Crippen LogP contribution is 2.20. The third kappa shape index (κ3) is 4.64. The summed E-state index contributed by atoms with van der Waals surface area (Å²) in [6, 6.07) is 13.8. The summed E-state index contributed by atoms with van der Waals surface area (Å²) in [7, 11) is 0. The predicted octanol–water partition coefficient (Wildman–Crippen LogP) is 2.95. The van der Waals surface area contributed by atoms with Gasteiger partial charge < -0.3 is 15.8 Å². The molecule has 0 unspecified atom stereocenters. The van der Waals surface area contributed by atoms with Gasteiger partial charge in [0.25, 0.3) is 5.91 Å². The molecule has 1 amide bonds. The van der Waals surface area contributed by atoms with E-state index < -0.39 is 0 Å². The second-order valence-electron chi connectivity index (χ2n) is 5.37. The molecule has 8 nitrogen and oxygen atoms in total. The molecule has 27 heavy (non-hydrogen) atoms. The third-order valence-corrected chi connectivity index (χ3v) is 4.00. The van der Waals surface area contributed by atoms with Crippen molar-refractivity contribution in [2.24, 2.45) is 10.7 Å². The minimum Gasteiger partial charge on any atom is -0.326 e. The Balaban J connectivity index is 1.84. The predicted molar refractivity (Wildman–Crippen MR) is 106 cm³/mol. The van der Waals surface area contributed by atoms with Gasteiger partial charge in [0.05, 0.1) is 5.69 Å². The zero-order valence-electron chi connectivity index (χ0n) is 13.9. The van der Waals surface area contributed by atoms with Crippen LogP contribution in [-0.2, 0) is 6.54 Å². The Hall–Kier alpha value is -2.88. The van der Waals surface area contributed by atoms with Crippen molar-refractivity contribution in [3.8, 4) is 0 Å². The molecular formula is C17H15ClN6O2S. The standard InChI is InChI=1S/C17H15ClN6O2S/c18-12-2-1-3-13(8-12)20-16(24-27)14-15(23-26-22-14)21-17(25)11-6-4-10(9-19)5-7-11/h1-8,27H,9,19H2,(H,20,24)(H,21,23,25). The number of halogens is 1. The summed E-state index contributed by atoms with van der Waals surface area (Å²) in [5.74, 6) is -0.0438. The van der Waals surface area contributed by atoms with Gasteiger partial charge in [-0.25, -0.2) is 9.62 Å². The van der Waals surface area contributed by atoms with Gasteiger partial charge in [-0.15, -0.1) is 0 Å². The van der Waals surface area contributed by atoms with Crippen molar-refractivity contribution in [1.29, 1.82) is 0 Å². The third-order valence-electron chi connectivity index (χ3n) is 3.55. The molecule has 0 saturated heterocycles. The molecular weight excluding hydrogens is 388 g/mol. The quantitative estimate of drug-likeness (QED) is 0.296. The molecule has 0 aliphatic carbocycles. The summed E-state index contributed by atoms with van der Waals surface area (Å²) in [5, 5.41) is 10.7. The number of rotatable bonds is 5. The number of nitrogens with two attached hydrogens (primary N) is 1. The summed E-state index contributed by atoms with van der Waals surface area (Å²) in [6.45, 7) is 0.399. The number of hydrogen-bond donors (Lipinski definition) is 4. The Morgan fingerprint density at radius 2 is 2.00 bits per heavy atom. The molecule has 3 rings (SSSR count). The van der Waals surface area contributed by atoms with E-state index in [2.05, 4.69) is 38.2 Å². The first-order chi connectivity index (χ1) is 13.1. The molecule has 4 N–H and O–H groups in total. The number of carbonyl (C=O) groups excluding carboxylic acids is 1. The summed E-state index contributed by atoms with van der Waals surface area (Å²) < 4.78 is 7.37. The summed E-state index contributed by atoms with van der Waals surface area (Å²) >= 11 is 10.0. The van der Waals surface area contributed by atoms with Crippen LogP contribution in [0.3, 0.4) is 0 Å². The lowest BCUT2D eigenvalue weighted by Crippen LogP contribution is -2.20. The number of aromatic nitrogens is 2. The van der Waals surface area contributed by atoms with E-state index in [1.54, 1.807) is 48.5 Å². The van der Waals surface area contributed by atoms with Crippen LogP contribution in [0, 0.1) is 0 Å². The Morgan fingerprint density at radius 1 is 1.22 bits per heavy atom. The fraction of sp³-hybridized carbons (Fsp3) is 0.0588. The number of nitrogens with one attached hydrogen (secondary N) is 2. The van der Waals surface area contributed by atoms with Crippen LogP contribution >= 0.6 is 24.4 Å². The summed E-state index contributed by atoms with van der Waals surface area (Å²) in [5.41, 5.74) is 7.68. The zero-order valence-corrected chi connectivity index (χ0v) is 15.5. The Labute approximate surface area is 165 Å². The second kappa shape index (κ2) is 8.67. The number of anilines is 1. The van der Waals surface area contributed by atoms with Crippen LogP contribution in [0.4, 0.5) is 11.5 Å². The van der Waals surface area contributed by atoms with Crippen molar-refractivity contribution < 1.29 is 9.42 Å². The van der Waals surface area contributed by atoms with E-state index in [9.17, 15) is 4.79 Å². The Bertz CT molecular complexity index is 974. The van der Waals surface area contributed by atoms with Gasteiger partial charge in [-0.1, -0.05) is 42.6 Å². The maximum Gasteiger partial charge on any atom is 0.256 e. The average molecular weight is 403 g/mol. The Morgan fingerprint density at radius 3 is 2.67 bits per heavy atom. The van der Waals surface area contributed by atoms with Gasteiger partial charge in [0, 0.05) is 17.1 Å². The van der Waals surface area contributed by atoms with Gasteiger partial charge >= 0.3 is 0 Å². The molecule has 3 aromatic rings. The summed E-state index contributed by atoms with van der Waals surface area (Å²) in [4.78, 5) is 16.8. The highest BCUT2D eigenvalue weighted by Gasteiger charge is 2.19. The minimum atomic E-state index is -0.378. The smallest absolute Gasteiger partial charge is 0.256 e. The normalized spacial score (nSPS) is 11.3. The lowest BCUT2D eigenvalue weighted by atomic mass is 10.1. The number of carbonyl (C=O) groups is 1. The number of thiol groups is 1. The number of hydrogen-bond acceptors (Lipinski definition) is 7. The molecule has 0 aliphatic rings. The van der Waals surface area contributed by atoms with Crippen molar-refractivity contribution in [2.45, 2.75) is 6.54 Å². The van der Waals surface area contributed by atoms with Crippen LogP contribution in [0.5, 0.6) is 0 Å². The minimum absolute atomic E-state index is 0.102. The first-order valence-corrected chi connectivity index (χ1v) is 8.61. The molecule has 0 atom stereocenters. The molecule has 0 bridgehead atoms. The molecule has 1 aromatic heterocycles. The lowest BCUT2D eigenvalue weighted by Gasteiger charge is -2.06. The molecule has 0 radical (unpaired) electrons. The Kier molecular flexibility index (Phi) is 6.07. The van der Waals surface area contributed by atoms with E-state index in [4.69, 9.17) is 22.0 Å². The van der Waals surface area contributed by atoms with Gasteiger partial charge in [-0.2, -0.15) is 0 Å². The van der Waals surface area contributed by atoms with Crippen LogP contribution in [0.25, 0.3) is 0 Å². The molecule has 1 heterocycles. The highest BCUT2D eigenvalue weighted by molar-refractivity contribution is 7.78. The van der Waals surface area contributed by atoms with Crippen LogP contribution in [0.15, 0.2) is 58.2 Å². The van der Waals surface area contributed by atoms with E-state index in [1.807, 2.05) is 0 Å². The molecule has 0 spiro atoms. The van der Waals surface area contributed by atoms with E-state index in [-0.39, 0.29) is 23.3 Å². The molecule has 0 saturated carbocycles. The van der Waals surface area contributed by atoms with Crippen LogP contribution in [0.1, 0.15) is 21.6 Å². The van der Waals surface area contributed by atoms with Gasteiger partial charge in [-0.3, -0.25) is 4.79 Å². The maximum atomic E-state index is 12.4. The number of aliphatic imine (C=N–C) groups is 1. The van der Waals surface area contributed by atoms with Gasteiger partial charge in [0.2, 0.25) is 5.82 Å². The number of benzene rings is 2. The van der Waals surface area contributed by atoms with E-state index in [0.29, 0.717) is 22.8 Å². The van der Waals surface area contributed by atoms with Gasteiger partial charge in [0.15, 0.2) is 11.5 Å². The van der Waals surface area contributed by atoms with Crippen molar-refractivity contribution in [3.05, 3.63) is 70.4 Å². The molecule has 0 aliphatic heterocycles. The SMILES string of the molecule is NCc1ccc(C(=O)Nc2nonc2C(=Nc2cccc(Cl)c2)NS)cc1. The van der Waals surface area contributed by atoms with Crippen molar-refractivity contribution in [2.75, 3.05) is 5.32 Å². The van der Waals surface area contributed by atoms with Crippen LogP contribution < -0.4 is 15.8 Å². The lowest BCUT2D eigenvalue weighted by molar-refractivity contribution is 0.102. The van der Waals surface area contributed by atoms with E-state index in [1.165, 1.54) is 0 Å². The fourth-order valence-electron chi connectivity index (χ4n) is 2.20. The number of amides is 1. The average Bonchev–Trinajstić information content (AvgIpc) is 3.14. The number of amidine groups is 1. The zero-order chi connectivity index (χ0) is 19.2. The first kappa shape index (κ1) is 18.9. The van der Waals surface area contributed by atoms with E-state index >= 15 is 0 Å².